The van der Waals surface area contributed by atoms with Gasteiger partial charge in [-0.05, 0) is 49.7 Å². The van der Waals surface area contributed by atoms with Gasteiger partial charge in [-0.25, -0.2) is 4.79 Å². The molecule has 0 saturated heterocycles. The minimum atomic E-state index is -0.346. The fourth-order valence-electron chi connectivity index (χ4n) is 2.27. The number of amides is 1. The number of rotatable bonds is 9. The maximum Gasteiger partial charge on any atom is 0.338 e. The standard InChI is InChI=1S/C21H25NO4/c1-3-4-5-14-25-21(24)17-8-10-18(11-9-17)22-20(23)15-26-19-12-6-16(2)7-13-19/h6-13H,3-5,14-15H2,1-2H3,(H,22,23). The number of carbonyl (C=O) groups excluding carboxylic acids is 2. The van der Waals surface area contributed by atoms with Gasteiger partial charge in [0.2, 0.25) is 0 Å². The van der Waals surface area contributed by atoms with Crippen LogP contribution < -0.4 is 10.1 Å². The third-order valence-electron chi connectivity index (χ3n) is 3.78. The van der Waals surface area contributed by atoms with Gasteiger partial charge >= 0.3 is 5.97 Å². The van der Waals surface area contributed by atoms with Crippen molar-refractivity contribution in [2.24, 2.45) is 0 Å². The zero-order chi connectivity index (χ0) is 18.8. The van der Waals surface area contributed by atoms with Gasteiger partial charge in [-0.2, -0.15) is 0 Å². The molecule has 2 aromatic rings. The van der Waals surface area contributed by atoms with E-state index < -0.39 is 0 Å². The van der Waals surface area contributed by atoms with Crippen LogP contribution in [0, 0.1) is 6.92 Å². The highest BCUT2D eigenvalue weighted by atomic mass is 16.5. The van der Waals surface area contributed by atoms with Gasteiger partial charge in [0.05, 0.1) is 12.2 Å². The largest absolute Gasteiger partial charge is 0.484 e. The van der Waals surface area contributed by atoms with E-state index in [0.717, 1.165) is 24.8 Å². The van der Waals surface area contributed by atoms with Crippen molar-refractivity contribution < 1.29 is 19.1 Å². The summed E-state index contributed by atoms with van der Waals surface area (Å²) in [5.74, 6) is 0.0362. The van der Waals surface area contributed by atoms with Crippen molar-refractivity contribution in [3.05, 3.63) is 59.7 Å². The molecule has 0 fully saturated rings. The zero-order valence-corrected chi connectivity index (χ0v) is 15.3. The van der Waals surface area contributed by atoms with Gasteiger partial charge < -0.3 is 14.8 Å². The SMILES string of the molecule is CCCCCOC(=O)c1ccc(NC(=O)COc2ccc(C)cc2)cc1. The lowest BCUT2D eigenvalue weighted by Gasteiger charge is -2.09. The Labute approximate surface area is 154 Å². The van der Waals surface area contributed by atoms with Crippen LogP contribution in [0.4, 0.5) is 5.69 Å². The molecule has 138 valence electrons. The van der Waals surface area contributed by atoms with Crippen molar-refractivity contribution in [1.29, 1.82) is 0 Å². The molecule has 0 spiro atoms. The fourth-order valence-corrected chi connectivity index (χ4v) is 2.27. The zero-order valence-electron chi connectivity index (χ0n) is 15.3. The molecule has 26 heavy (non-hydrogen) atoms. The molecule has 0 heterocycles. The van der Waals surface area contributed by atoms with Gasteiger partial charge in [-0.1, -0.05) is 37.5 Å². The number of carbonyl (C=O) groups is 2. The highest BCUT2D eigenvalue weighted by Crippen LogP contribution is 2.13. The Bertz CT molecular complexity index is 708. The molecule has 0 aliphatic carbocycles. The summed E-state index contributed by atoms with van der Waals surface area (Å²) in [5, 5.41) is 2.73. The van der Waals surface area contributed by atoms with E-state index >= 15 is 0 Å². The Morgan fingerprint density at radius 2 is 1.65 bits per heavy atom. The summed E-state index contributed by atoms with van der Waals surface area (Å²) in [6, 6.07) is 14.1. The molecular weight excluding hydrogens is 330 g/mol. The molecule has 0 atom stereocenters. The Kier molecular flexibility index (Phi) is 7.68. The molecule has 0 aliphatic heterocycles. The first-order valence-electron chi connectivity index (χ1n) is 8.85. The summed E-state index contributed by atoms with van der Waals surface area (Å²) in [4.78, 5) is 23.8. The van der Waals surface area contributed by atoms with Crippen molar-refractivity contribution in [3.63, 3.8) is 0 Å². The Hall–Kier alpha value is -2.82. The van der Waals surface area contributed by atoms with Crippen LogP contribution in [0.5, 0.6) is 5.75 Å². The van der Waals surface area contributed by atoms with Gasteiger partial charge in [-0.15, -0.1) is 0 Å². The number of hydrogen-bond acceptors (Lipinski definition) is 4. The van der Waals surface area contributed by atoms with E-state index in [1.807, 2.05) is 31.2 Å². The molecular formula is C21H25NO4. The summed E-state index contributed by atoms with van der Waals surface area (Å²) in [5.41, 5.74) is 2.20. The van der Waals surface area contributed by atoms with Crippen LogP contribution in [0.1, 0.15) is 42.1 Å². The fraction of sp³-hybridized carbons (Fsp3) is 0.333. The first-order chi connectivity index (χ1) is 12.6. The number of anilines is 1. The minimum absolute atomic E-state index is 0.0791. The third-order valence-corrected chi connectivity index (χ3v) is 3.78. The third kappa shape index (κ3) is 6.59. The Morgan fingerprint density at radius 3 is 2.31 bits per heavy atom. The van der Waals surface area contributed by atoms with Gasteiger partial charge in [-0.3, -0.25) is 4.79 Å². The Morgan fingerprint density at radius 1 is 0.962 bits per heavy atom. The molecule has 0 saturated carbocycles. The number of unbranched alkanes of at least 4 members (excludes halogenated alkanes) is 2. The second-order valence-corrected chi connectivity index (χ2v) is 6.07. The number of hydrogen-bond donors (Lipinski definition) is 1. The first-order valence-corrected chi connectivity index (χ1v) is 8.85. The summed E-state index contributed by atoms with van der Waals surface area (Å²) in [7, 11) is 0. The van der Waals surface area contributed by atoms with Gasteiger partial charge in [0.15, 0.2) is 6.61 Å². The predicted octanol–water partition coefficient (Wildman–Crippen LogP) is 4.36. The van der Waals surface area contributed by atoms with Crippen LogP contribution in [0.3, 0.4) is 0 Å². The first kappa shape index (κ1) is 19.5. The lowest BCUT2D eigenvalue weighted by atomic mass is 10.2. The summed E-state index contributed by atoms with van der Waals surface area (Å²) < 4.78 is 10.6. The van der Waals surface area contributed by atoms with E-state index in [9.17, 15) is 9.59 Å². The van der Waals surface area contributed by atoms with Crippen LogP contribution in [-0.2, 0) is 9.53 Å². The van der Waals surface area contributed by atoms with Gasteiger partial charge in [0, 0.05) is 5.69 Å². The van der Waals surface area contributed by atoms with Crippen LogP contribution in [-0.4, -0.2) is 25.1 Å². The molecule has 2 aromatic carbocycles. The molecule has 0 aliphatic rings. The molecule has 0 unspecified atom stereocenters. The summed E-state index contributed by atoms with van der Waals surface area (Å²) in [6.07, 6.45) is 3.00. The second-order valence-electron chi connectivity index (χ2n) is 6.07. The lowest BCUT2D eigenvalue weighted by molar-refractivity contribution is -0.118. The molecule has 1 N–H and O–H groups in total. The van der Waals surface area contributed by atoms with E-state index in [-0.39, 0.29) is 18.5 Å². The normalized spacial score (nSPS) is 10.2. The highest BCUT2D eigenvalue weighted by molar-refractivity contribution is 5.93. The number of ether oxygens (including phenoxy) is 2. The highest BCUT2D eigenvalue weighted by Gasteiger charge is 2.08. The lowest BCUT2D eigenvalue weighted by Crippen LogP contribution is -2.20. The number of esters is 1. The van der Waals surface area contributed by atoms with E-state index in [1.54, 1.807) is 24.3 Å². The summed E-state index contributed by atoms with van der Waals surface area (Å²) >= 11 is 0. The van der Waals surface area contributed by atoms with Crippen molar-refractivity contribution in [2.75, 3.05) is 18.5 Å². The molecule has 1 amide bonds. The molecule has 0 bridgehead atoms. The van der Waals surface area contributed by atoms with E-state index in [4.69, 9.17) is 9.47 Å². The minimum Gasteiger partial charge on any atom is -0.484 e. The number of benzene rings is 2. The van der Waals surface area contributed by atoms with Crippen LogP contribution in [0.25, 0.3) is 0 Å². The molecule has 2 rings (SSSR count). The van der Waals surface area contributed by atoms with Crippen molar-refractivity contribution >= 4 is 17.6 Å². The van der Waals surface area contributed by atoms with E-state index in [2.05, 4.69) is 12.2 Å². The van der Waals surface area contributed by atoms with Gasteiger partial charge in [0.25, 0.3) is 5.91 Å². The molecule has 0 radical (unpaired) electrons. The van der Waals surface area contributed by atoms with Gasteiger partial charge in [0.1, 0.15) is 5.75 Å². The van der Waals surface area contributed by atoms with Crippen molar-refractivity contribution in [2.45, 2.75) is 33.1 Å². The molecule has 5 nitrogen and oxygen atoms in total. The van der Waals surface area contributed by atoms with E-state index in [0.29, 0.717) is 23.6 Å². The second kappa shape index (κ2) is 10.2. The quantitative estimate of drug-likeness (QED) is 0.536. The van der Waals surface area contributed by atoms with Crippen molar-refractivity contribution in [1.82, 2.24) is 0 Å². The summed E-state index contributed by atoms with van der Waals surface area (Å²) in [6.45, 7) is 4.44. The molecule has 0 aromatic heterocycles. The van der Waals surface area contributed by atoms with Crippen LogP contribution >= 0.6 is 0 Å². The smallest absolute Gasteiger partial charge is 0.338 e. The topological polar surface area (TPSA) is 64.6 Å². The van der Waals surface area contributed by atoms with Crippen molar-refractivity contribution in [3.8, 4) is 5.75 Å². The Balaban J connectivity index is 1.77. The van der Waals surface area contributed by atoms with Crippen LogP contribution in [0.15, 0.2) is 48.5 Å². The maximum absolute atomic E-state index is 11.9. The molecule has 5 heteroatoms. The predicted molar refractivity (Wildman–Crippen MR) is 102 cm³/mol. The number of aryl methyl sites for hydroxylation is 1. The van der Waals surface area contributed by atoms with E-state index in [1.165, 1.54) is 0 Å². The maximum atomic E-state index is 11.9. The monoisotopic (exact) mass is 355 g/mol. The number of nitrogens with one attached hydrogen (secondary N) is 1. The van der Waals surface area contributed by atoms with Crippen LogP contribution in [0.2, 0.25) is 0 Å². The average molecular weight is 355 g/mol. The average Bonchev–Trinajstić information content (AvgIpc) is 2.65.